The third-order valence-corrected chi connectivity index (χ3v) is 2.07. The third-order valence-electron chi connectivity index (χ3n) is 1.38. The van der Waals surface area contributed by atoms with E-state index < -0.39 is 0 Å². The molecule has 5 heteroatoms. The molecule has 0 atom stereocenters. The molecular weight excluding hydrogens is 176 g/mol. The molecular formula is C7H6N2O2S. The lowest BCUT2D eigenvalue weighted by molar-refractivity contribution is 0.222. The van der Waals surface area contributed by atoms with Crippen molar-refractivity contribution < 1.29 is 9.63 Å². The summed E-state index contributed by atoms with van der Waals surface area (Å²) in [7, 11) is 0. The average Bonchev–Trinajstić information content (AvgIpc) is 2.75. The van der Waals surface area contributed by atoms with Crippen molar-refractivity contribution in [3.63, 3.8) is 0 Å². The molecule has 0 aromatic carbocycles. The molecule has 0 spiro atoms. The van der Waals surface area contributed by atoms with E-state index in [1.54, 1.807) is 11.3 Å². The van der Waals surface area contributed by atoms with Crippen molar-refractivity contribution in [3.05, 3.63) is 22.7 Å². The van der Waals surface area contributed by atoms with Crippen LogP contribution in [0.4, 0.5) is 0 Å². The highest BCUT2D eigenvalue weighted by atomic mass is 32.1. The van der Waals surface area contributed by atoms with E-state index in [-0.39, 0.29) is 12.5 Å². The van der Waals surface area contributed by atoms with Crippen LogP contribution in [-0.4, -0.2) is 15.2 Å². The predicted octanol–water partition coefficient (Wildman–Crippen LogP) is 1.29. The Labute approximate surface area is 72.5 Å². The Bertz CT molecular complexity index is 355. The van der Waals surface area contributed by atoms with Crippen LogP contribution < -0.4 is 0 Å². The molecule has 0 aliphatic heterocycles. The van der Waals surface area contributed by atoms with Gasteiger partial charge in [0.05, 0.1) is 0 Å². The van der Waals surface area contributed by atoms with Crippen LogP contribution in [0.2, 0.25) is 0 Å². The Morgan fingerprint density at radius 1 is 1.58 bits per heavy atom. The smallest absolute Gasteiger partial charge is 0.252 e. The number of aromatic nitrogens is 2. The van der Waals surface area contributed by atoms with E-state index in [4.69, 9.17) is 9.63 Å². The number of aliphatic hydroxyl groups excluding tert-OH is 1. The average molecular weight is 182 g/mol. The van der Waals surface area contributed by atoms with Gasteiger partial charge in [-0.1, -0.05) is 5.16 Å². The number of rotatable bonds is 2. The summed E-state index contributed by atoms with van der Waals surface area (Å²) >= 11 is 1.57. The lowest BCUT2D eigenvalue weighted by Crippen LogP contribution is -1.81. The molecule has 0 saturated carbocycles. The van der Waals surface area contributed by atoms with Crippen LogP contribution in [0.25, 0.3) is 11.4 Å². The van der Waals surface area contributed by atoms with Gasteiger partial charge in [0, 0.05) is 10.9 Å². The topological polar surface area (TPSA) is 59.2 Å². The first-order chi connectivity index (χ1) is 5.90. The Balaban J connectivity index is 2.35. The molecule has 0 saturated heterocycles. The van der Waals surface area contributed by atoms with Crippen LogP contribution in [0, 0.1) is 0 Å². The highest BCUT2D eigenvalue weighted by molar-refractivity contribution is 7.08. The first kappa shape index (κ1) is 7.45. The molecule has 0 aliphatic carbocycles. The van der Waals surface area contributed by atoms with E-state index in [0.717, 1.165) is 5.56 Å². The maximum Gasteiger partial charge on any atom is 0.252 e. The standard InChI is InChI=1S/C7H6N2O2S/c10-3-6-8-7(9-11-6)5-1-2-12-4-5/h1-2,4,10H,3H2. The minimum Gasteiger partial charge on any atom is -0.387 e. The first-order valence-electron chi connectivity index (χ1n) is 3.36. The molecule has 0 bridgehead atoms. The zero-order valence-electron chi connectivity index (χ0n) is 6.10. The Morgan fingerprint density at radius 3 is 3.08 bits per heavy atom. The zero-order chi connectivity index (χ0) is 8.39. The van der Waals surface area contributed by atoms with E-state index in [2.05, 4.69) is 10.1 Å². The predicted molar refractivity (Wildman–Crippen MR) is 43.5 cm³/mol. The van der Waals surface area contributed by atoms with Crippen LogP contribution in [0.3, 0.4) is 0 Å². The normalized spacial score (nSPS) is 10.4. The van der Waals surface area contributed by atoms with Crippen molar-refractivity contribution in [2.75, 3.05) is 0 Å². The second kappa shape index (κ2) is 3.04. The van der Waals surface area contributed by atoms with E-state index >= 15 is 0 Å². The number of thiophene rings is 1. The fraction of sp³-hybridized carbons (Fsp3) is 0.143. The maximum absolute atomic E-state index is 8.65. The van der Waals surface area contributed by atoms with Gasteiger partial charge in [0.1, 0.15) is 6.61 Å². The summed E-state index contributed by atoms with van der Waals surface area (Å²) in [4.78, 5) is 3.95. The minimum atomic E-state index is -0.211. The van der Waals surface area contributed by atoms with Gasteiger partial charge in [0.25, 0.3) is 5.89 Å². The molecule has 0 amide bonds. The van der Waals surface area contributed by atoms with Crippen LogP contribution in [0.1, 0.15) is 5.89 Å². The summed E-state index contributed by atoms with van der Waals surface area (Å²) in [6.07, 6.45) is 0. The summed E-state index contributed by atoms with van der Waals surface area (Å²) < 4.78 is 4.73. The van der Waals surface area contributed by atoms with Crippen LogP contribution in [0.5, 0.6) is 0 Å². The van der Waals surface area contributed by atoms with Crippen LogP contribution in [-0.2, 0) is 6.61 Å². The molecule has 4 nitrogen and oxygen atoms in total. The van der Waals surface area contributed by atoms with Crippen molar-refractivity contribution in [3.8, 4) is 11.4 Å². The highest BCUT2D eigenvalue weighted by Gasteiger charge is 2.06. The molecule has 1 N–H and O–H groups in total. The van der Waals surface area contributed by atoms with Crippen LogP contribution >= 0.6 is 11.3 Å². The van der Waals surface area contributed by atoms with Gasteiger partial charge in [0.2, 0.25) is 5.82 Å². The van der Waals surface area contributed by atoms with Crippen molar-refractivity contribution in [2.45, 2.75) is 6.61 Å². The van der Waals surface area contributed by atoms with Gasteiger partial charge in [-0.05, 0) is 11.4 Å². The first-order valence-corrected chi connectivity index (χ1v) is 4.30. The van der Waals surface area contributed by atoms with E-state index in [1.165, 1.54) is 0 Å². The molecule has 2 heterocycles. The Hall–Kier alpha value is -1.20. The second-order valence-corrected chi connectivity index (χ2v) is 2.96. The van der Waals surface area contributed by atoms with E-state index in [1.807, 2.05) is 16.8 Å². The third kappa shape index (κ3) is 1.24. The maximum atomic E-state index is 8.65. The monoisotopic (exact) mass is 182 g/mol. The SMILES string of the molecule is OCc1nc(-c2ccsc2)no1. The van der Waals surface area contributed by atoms with Gasteiger partial charge in [-0.15, -0.1) is 0 Å². The Morgan fingerprint density at radius 2 is 2.50 bits per heavy atom. The van der Waals surface area contributed by atoms with Gasteiger partial charge in [-0.2, -0.15) is 16.3 Å². The van der Waals surface area contributed by atoms with Gasteiger partial charge < -0.3 is 9.63 Å². The van der Waals surface area contributed by atoms with Gasteiger partial charge in [0.15, 0.2) is 0 Å². The minimum absolute atomic E-state index is 0.211. The fourth-order valence-corrected chi connectivity index (χ4v) is 1.46. The molecule has 2 aromatic heterocycles. The van der Waals surface area contributed by atoms with Gasteiger partial charge >= 0.3 is 0 Å². The quantitative estimate of drug-likeness (QED) is 0.760. The summed E-state index contributed by atoms with van der Waals surface area (Å²) in [6, 6.07) is 1.90. The van der Waals surface area contributed by atoms with Crippen LogP contribution in [0.15, 0.2) is 21.3 Å². The summed E-state index contributed by atoms with van der Waals surface area (Å²) in [6.45, 7) is -0.211. The Kier molecular flexibility index (Phi) is 1.89. The number of aliphatic hydroxyl groups is 1. The largest absolute Gasteiger partial charge is 0.387 e. The van der Waals surface area contributed by atoms with Gasteiger partial charge in [-0.3, -0.25) is 0 Å². The van der Waals surface area contributed by atoms with Crippen molar-refractivity contribution in [1.29, 1.82) is 0 Å². The lowest BCUT2D eigenvalue weighted by atomic mass is 10.3. The molecule has 0 fully saturated rings. The van der Waals surface area contributed by atoms with E-state index in [9.17, 15) is 0 Å². The molecule has 0 aliphatic rings. The van der Waals surface area contributed by atoms with E-state index in [0.29, 0.717) is 5.82 Å². The zero-order valence-corrected chi connectivity index (χ0v) is 6.91. The second-order valence-electron chi connectivity index (χ2n) is 2.18. The highest BCUT2D eigenvalue weighted by Crippen LogP contribution is 2.18. The van der Waals surface area contributed by atoms with Gasteiger partial charge in [-0.25, -0.2) is 0 Å². The molecule has 0 unspecified atom stereocenters. The lowest BCUT2D eigenvalue weighted by Gasteiger charge is -1.81. The molecule has 2 rings (SSSR count). The molecule has 2 aromatic rings. The summed E-state index contributed by atoms with van der Waals surface area (Å²) in [5.41, 5.74) is 0.920. The number of hydrogen-bond donors (Lipinski definition) is 1. The number of nitrogens with zero attached hydrogens (tertiary/aromatic N) is 2. The summed E-state index contributed by atoms with van der Waals surface area (Å²) in [5.74, 6) is 0.775. The molecule has 12 heavy (non-hydrogen) atoms. The molecule has 0 radical (unpaired) electrons. The van der Waals surface area contributed by atoms with Crippen molar-refractivity contribution in [1.82, 2.24) is 10.1 Å². The molecule has 62 valence electrons. The van der Waals surface area contributed by atoms with Crippen molar-refractivity contribution >= 4 is 11.3 Å². The fourth-order valence-electron chi connectivity index (χ4n) is 0.828. The summed E-state index contributed by atoms with van der Waals surface area (Å²) in [5, 5.41) is 16.2. The number of hydrogen-bond acceptors (Lipinski definition) is 5. The van der Waals surface area contributed by atoms with Crippen molar-refractivity contribution in [2.24, 2.45) is 0 Å².